The highest BCUT2D eigenvalue weighted by molar-refractivity contribution is 5.62. The zero-order chi connectivity index (χ0) is 8.27. The van der Waals surface area contributed by atoms with Gasteiger partial charge >= 0.3 is 6.16 Å². The summed E-state index contributed by atoms with van der Waals surface area (Å²) in [7, 11) is 2.83. The van der Waals surface area contributed by atoms with Gasteiger partial charge < -0.3 is 9.47 Å². The smallest absolute Gasteiger partial charge is 0.437 e. The number of aryl methyl sites for hydroxylation is 1. The van der Waals surface area contributed by atoms with Gasteiger partial charge in [-0.25, -0.2) is 9.48 Å². The minimum Gasteiger partial charge on any atom is -0.437 e. The Kier molecular flexibility index (Phi) is 2.05. The van der Waals surface area contributed by atoms with Crippen molar-refractivity contribution in [2.24, 2.45) is 7.05 Å². The first-order chi connectivity index (χ1) is 5.24. The van der Waals surface area contributed by atoms with E-state index < -0.39 is 6.16 Å². The van der Waals surface area contributed by atoms with E-state index in [0.717, 1.165) is 0 Å². The van der Waals surface area contributed by atoms with Gasteiger partial charge in [-0.1, -0.05) is 5.21 Å². The molecule has 0 N–H and O–H groups in total. The first-order valence-corrected chi connectivity index (χ1v) is 2.84. The van der Waals surface area contributed by atoms with Gasteiger partial charge in [-0.2, -0.15) is 0 Å². The van der Waals surface area contributed by atoms with Gasteiger partial charge in [0.1, 0.15) is 6.20 Å². The maximum absolute atomic E-state index is 10.5. The van der Waals surface area contributed by atoms with Gasteiger partial charge in [-0.05, 0) is 0 Å². The van der Waals surface area contributed by atoms with Gasteiger partial charge in [0, 0.05) is 7.05 Å². The molecule has 0 spiro atoms. The van der Waals surface area contributed by atoms with E-state index >= 15 is 0 Å². The second-order valence-corrected chi connectivity index (χ2v) is 1.75. The Bertz CT molecular complexity index is 257. The summed E-state index contributed by atoms with van der Waals surface area (Å²) in [6.45, 7) is 0. The number of aromatic nitrogens is 3. The number of ether oxygens (including phenoxy) is 2. The lowest BCUT2D eigenvalue weighted by Gasteiger charge is -1.99. The van der Waals surface area contributed by atoms with Gasteiger partial charge in [-0.3, -0.25) is 0 Å². The van der Waals surface area contributed by atoms with Gasteiger partial charge in [0.15, 0.2) is 0 Å². The molecule has 0 aliphatic rings. The molecular formula is C5H7N3O3. The zero-order valence-corrected chi connectivity index (χ0v) is 6.14. The quantitative estimate of drug-likeness (QED) is 0.535. The van der Waals surface area contributed by atoms with Crippen LogP contribution in [0.25, 0.3) is 0 Å². The normalized spacial score (nSPS) is 9.27. The highest BCUT2D eigenvalue weighted by Crippen LogP contribution is 2.04. The number of rotatable bonds is 1. The van der Waals surface area contributed by atoms with Crippen LogP contribution in [0, 0.1) is 0 Å². The summed E-state index contributed by atoms with van der Waals surface area (Å²) in [5.41, 5.74) is 0. The monoisotopic (exact) mass is 157 g/mol. The molecule has 0 bridgehead atoms. The predicted molar refractivity (Wildman–Crippen MR) is 34.0 cm³/mol. The van der Waals surface area contributed by atoms with Crippen molar-refractivity contribution in [3.63, 3.8) is 0 Å². The van der Waals surface area contributed by atoms with Gasteiger partial charge in [0.2, 0.25) is 5.88 Å². The summed E-state index contributed by atoms with van der Waals surface area (Å²) in [5.74, 6) is 0.247. The van der Waals surface area contributed by atoms with Crippen LogP contribution in [0.5, 0.6) is 5.88 Å². The summed E-state index contributed by atoms with van der Waals surface area (Å²) >= 11 is 0. The fraction of sp³-hybridized carbons (Fsp3) is 0.400. The molecule has 11 heavy (non-hydrogen) atoms. The third-order valence-electron chi connectivity index (χ3n) is 1.03. The molecule has 0 radical (unpaired) electrons. The van der Waals surface area contributed by atoms with E-state index in [0.29, 0.717) is 0 Å². The molecule has 0 saturated carbocycles. The molecule has 0 fully saturated rings. The predicted octanol–water partition coefficient (Wildman–Crippen LogP) is -0.0397. The maximum Gasteiger partial charge on any atom is 0.514 e. The fourth-order valence-corrected chi connectivity index (χ4v) is 0.500. The van der Waals surface area contributed by atoms with Crippen molar-refractivity contribution in [2.75, 3.05) is 7.11 Å². The first kappa shape index (κ1) is 7.52. The summed E-state index contributed by atoms with van der Waals surface area (Å²) in [5, 5.41) is 7.03. The maximum atomic E-state index is 10.5. The molecular weight excluding hydrogens is 150 g/mol. The molecule has 1 rings (SSSR count). The first-order valence-electron chi connectivity index (χ1n) is 2.84. The topological polar surface area (TPSA) is 66.2 Å². The molecule has 0 saturated heterocycles. The number of hydrogen-bond acceptors (Lipinski definition) is 5. The Hall–Kier alpha value is -1.59. The van der Waals surface area contributed by atoms with Crippen molar-refractivity contribution < 1.29 is 14.3 Å². The number of nitrogens with zero attached hydrogens (tertiary/aromatic N) is 3. The van der Waals surface area contributed by atoms with Crippen LogP contribution >= 0.6 is 0 Å². The SMILES string of the molecule is COC(=O)Oc1cnnn1C. The Labute approximate surface area is 62.7 Å². The second-order valence-electron chi connectivity index (χ2n) is 1.75. The fourth-order valence-electron chi connectivity index (χ4n) is 0.500. The minimum atomic E-state index is -0.782. The molecule has 6 heteroatoms. The van der Waals surface area contributed by atoms with Crippen molar-refractivity contribution in [1.82, 2.24) is 15.0 Å². The third-order valence-corrected chi connectivity index (χ3v) is 1.03. The van der Waals surface area contributed by atoms with E-state index in [1.165, 1.54) is 18.0 Å². The van der Waals surface area contributed by atoms with Crippen LogP contribution in [0.3, 0.4) is 0 Å². The summed E-state index contributed by atoms with van der Waals surface area (Å²) in [6, 6.07) is 0. The third kappa shape index (κ3) is 1.66. The summed E-state index contributed by atoms with van der Waals surface area (Å²) < 4.78 is 10.2. The zero-order valence-electron chi connectivity index (χ0n) is 6.14. The van der Waals surface area contributed by atoms with Crippen LogP contribution in [-0.2, 0) is 11.8 Å². The second kappa shape index (κ2) is 3.00. The van der Waals surface area contributed by atoms with Gasteiger partial charge in [-0.15, -0.1) is 5.10 Å². The molecule has 60 valence electrons. The molecule has 0 aromatic carbocycles. The number of methoxy groups -OCH3 is 1. The van der Waals surface area contributed by atoms with Crippen molar-refractivity contribution in [1.29, 1.82) is 0 Å². The van der Waals surface area contributed by atoms with Crippen molar-refractivity contribution in [3.05, 3.63) is 6.20 Å². The van der Waals surface area contributed by atoms with E-state index in [2.05, 4.69) is 19.8 Å². The van der Waals surface area contributed by atoms with Crippen LogP contribution < -0.4 is 4.74 Å². The summed E-state index contributed by atoms with van der Waals surface area (Å²) in [6.07, 6.45) is 0.534. The van der Waals surface area contributed by atoms with Crippen LogP contribution in [0.1, 0.15) is 0 Å². The minimum absolute atomic E-state index is 0.247. The number of hydrogen-bond donors (Lipinski definition) is 0. The van der Waals surface area contributed by atoms with E-state index in [9.17, 15) is 4.79 Å². The van der Waals surface area contributed by atoms with E-state index in [1.54, 1.807) is 7.05 Å². The standard InChI is InChI=1S/C5H7N3O3/c1-8-4(3-6-7-8)11-5(9)10-2/h3H,1-2H3. The van der Waals surface area contributed by atoms with Crippen LogP contribution in [0.2, 0.25) is 0 Å². The Balaban J connectivity index is 2.64. The highest BCUT2D eigenvalue weighted by atomic mass is 16.7. The average Bonchev–Trinajstić information content (AvgIpc) is 2.37. The molecule has 6 nitrogen and oxygen atoms in total. The largest absolute Gasteiger partial charge is 0.514 e. The van der Waals surface area contributed by atoms with E-state index in [4.69, 9.17) is 0 Å². The molecule has 0 aliphatic heterocycles. The van der Waals surface area contributed by atoms with Gasteiger partial charge in [0.25, 0.3) is 0 Å². The Morgan fingerprint density at radius 3 is 2.91 bits per heavy atom. The van der Waals surface area contributed by atoms with Crippen LogP contribution in [-0.4, -0.2) is 28.3 Å². The molecule has 1 heterocycles. The van der Waals surface area contributed by atoms with Crippen LogP contribution in [0.4, 0.5) is 4.79 Å². The Morgan fingerprint density at radius 1 is 1.73 bits per heavy atom. The molecule has 0 amide bonds. The Morgan fingerprint density at radius 2 is 2.45 bits per heavy atom. The number of carbonyl (C=O) groups excluding carboxylic acids is 1. The molecule has 0 aliphatic carbocycles. The lowest BCUT2D eigenvalue weighted by Crippen LogP contribution is -2.09. The van der Waals surface area contributed by atoms with Crippen molar-refractivity contribution in [3.8, 4) is 5.88 Å². The van der Waals surface area contributed by atoms with E-state index in [-0.39, 0.29) is 5.88 Å². The average molecular weight is 157 g/mol. The lowest BCUT2D eigenvalue weighted by molar-refractivity contribution is 0.118. The highest BCUT2D eigenvalue weighted by Gasteiger charge is 2.06. The molecule has 1 aromatic rings. The van der Waals surface area contributed by atoms with Gasteiger partial charge in [0.05, 0.1) is 7.11 Å². The van der Waals surface area contributed by atoms with Crippen molar-refractivity contribution in [2.45, 2.75) is 0 Å². The van der Waals surface area contributed by atoms with E-state index in [1.807, 2.05) is 0 Å². The summed E-state index contributed by atoms with van der Waals surface area (Å²) in [4.78, 5) is 10.5. The van der Waals surface area contributed by atoms with Crippen molar-refractivity contribution >= 4 is 6.16 Å². The number of carbonyl (C=O) groups is 1. The van der Waals surface area contributed by atoms with Crippen LogP contribution in [0.15, 0.2) is 6.20 Å². The molecule has 0 atom stereocenters. The lowest BCUT2D eigenvalue weighted by atomic mass is 10.8. The molecule has 1 aromatic heterocycles. The molecule has 0 unspecified atom stereocenters.